The van der Waals surface area contributed by atoms with Crippen LogP contribution in [0.5, 0.6) is 5.75 Å². The van der Waals surface area contributed by atoms with Gasteiger partial charge in [-0.05, 0) is 37.1 Å². The normalized spacial score (nSPS) is 13.4. The van der Waals surface area contributed by atoms with Crippen molar-refractivity contribution in [1.29, 1.82) is 0 Å². The van der Waals surface area contributed by atoms with E-state index in [0.717, 1.165) is 37.3 Å². The molecule has 0 saturated carbocycles. The number of amides is 1. The molecule has 1 aromatic heterocycles. The van der Waals surface area contributed by atoms with Gasteiger partial charge in [0.05, 0.1) is 10.6 Å². The first-order valence-corrected chi connectivity index (χ1v) is 10.6. The molecule has 2 heterocycles. The standard InChI is InChI=1S/C21H18F2N4O4S/c22-20(23)31-18-6-2-1-5-14(18)15-12-32-21(24-15)25-19(28)13-7-8-16(17(11-13)27(29)30)26-9-3-4-10-26/h1-2,5-8,11-12,20H,3-4,9-10H2,(H,24,25,28). The molecule has 0 bridgehead atoms. The van der Waals surface area contributed by atoms with Crippen LogP contribution in [0.3, 0.4) is 0 Å². The second-order valence-corrected chi connectivity index (χ2v) is 7.88. The smallest absolute Gasteiger partial charge is 0.387 e. The zero-order valence-corrected chi connectivity index (χ0v) is 17.5. The average molecular weight is 460 g/mol. The fourth-order valence-electron chi connectivity index (χ4n) is 3.54. The lowest BCUT2D eigenvalue weighted by atomic mass is 10.1. The number of aromatic nitrogens is 1. The van der Waals surface area contributed by atoms with Crippen LogP contribution in [0.25, 0.3) is 11.3 Å². The van der Waals surface area contributed by atoms with E-state index < -0.39 is 17.4 Å². The van der Waals surface area contributed by atoms with Crippen molar-refractivity contribution in [3.63, 3.8) is 0 Å². The number of alkyl halides is 2. The van der Waals surface area contributed by atoms with Gasteiger partial charge in [-0.2, -0.15) is 8.78 Å². The summed E-state index contributed by atoms with van der Waals surface area (Å²) >= 11 is 1.10. The van der Waals surface area contributed by atoms with Crippen molar-refractivity contribution >= 4 is 33.8 Å². The SMILES string of the molecule is O=C(Nc1nc(-c2ccccc2OC(F)F)cs1)c1ccc(N2CCCC2)c([N+](=O)[O-])c1. The van der Waals surface area contributed by atoms with Gasteiger partial charge < -0.3 is 9.64 Å². The molecule has 1 fully saturated rings. The van der Waals surface area contributed by atoms with Crippen LogP contribution in [0.15, 0.2) is 47.8 Å². The lowest BCUT2D eigenvalue weighted by Crippen LogP contribution is -2.19. The van der Waals surface area contributed by atoms with Crippen molar-refractivity contribution < 1.29 is 23.2 Å². The maximum Gasteiger partial charge on any atom is 0.387 e. The highest BCUT2D eigenvalue weighted by molar-refractivity contribution is 7.14. The maximum atomic E-state index is 12.7. The van der Waals surface area contributed by atoms with Gasteiger partial charge in [-0.15, -0.1) is 11.3 Å². The van der Waals surface area contributed by atoms with Gasteiger partial charge in [-0.25, -0.2) is 4.98 Å². The summed E-state index contributed by atoms with van der Waals surface area (Å²) in [7, 11) is 0. The summed E-state index contributed by atoms with van der Waals surface area (Å²) in [5.74, 6) is -0.585. The molecule has 2 aromatic carbocycles. The molecule has 1 saturated heterocycles. The highest BCUT2D eigenvalue weighted by Gasteiger charge is 2.24. The number of hydrogen-bond acceptors (Lipinski definition) is 7. The molecule has 166 valence electrons. The largest absolute Gasteiger partial charge is 0.434 e. The van der Waals surface area contributed by atoms with Crippen LogP contribution in [0.4, 0.5) is 25.3 Å². The van der Waals surface area contributed by atoms with Crippen molar-refractivity contribution in [3.8, 4) is 17.0 Å². The maximum absolute atomic E-state index is 12.7. The third-order valence-electron chi connectivity index (χ3n) is 4.98. The first kappa shape index (κ1) is 21.6. The van der Waals surface area contributed by atoms with E-state index in [0.29, 0.717) is 16.9 Å². The third kappa shape index (κ3) is 4.67. The van der Waals surface area contributed by atoms with Gasteiger partial charge in [0.25, 0.3) is 11.6 Å². The monoisotopic (exact) mass is 460 g/mol. The number of nitrogens with one attached hydrogen (secondary N) is 1. The highest BCUT2D eigenvalue weighted by atomic mass is 32.1. The summed E-state index contributed by atoms with van der Waals surface area (Å²) in [6, 6.07) is 10.6. The number of anilines is 2. The van der Waals surface area contributed by atoms with E-state index in [9.17, 15) is 23.7 Å². The number of nitrogens with zero attached hydrogens (tertiary/aromatic N) is 3. The number of halogens is 2. The molecule has 1 aliphatic heterocycles. The second-order valence-electron chi connectivity index (χ2n) is 7.02. The van der Waals surface area contributed by atoms with E-state index in [4.69, 9.17) is 0 Å². The molecule has 1 amide bonds. The van der Waals surface area contributed by atoms with Crippen molar-refractivity contribution in [2.24, 2.45) is 0 Å². The average Bonchev–Trinajstić information content (AvgIpc) is 3.45. The first-order chi connectivity index (χ1) is 15.4. The van der Waals surface area contributed by atoms with Crippen molar-refractivity contribution in [1.82, 2.24) is 4.98 Å². The van der Waals surface area contributed by atoms with Crippen LogP contribution in [-0.2, 0) is 0 Å². The minimum absolute atomic E-state index is 0.0289. The van der Waals surface area contributed by atoms with Crippen LogP contribution in [-0.4, -0.2) is 35.5 Å². The fourth-order valence-corrected chi connectivity index (χ4v) is 4.24. The van der Waals surface area contributed by atoms with Gasteiger partial charge in [0.15, 0.2) is 5.13 Å². The summed E-state index contributed by atoms with van der Waals surface area (Å²) < 4.78 is 29.8. The molecular formula is C21H18F2N4O4S. The first-order valence-electron chi connectivity index (χ1n) is 9.77. The molecule has 1 aliphatic rings. The van der Waals surface area contributed by atoms with E-state index in [2.05, 4.69) is 15.0 Å². The summed E-state index contributed by atoms with van der Waals surface area (Å²) in [5, 5.41) is 16.0. The fraction of sp³-hybridized carbons (Fsp3) is 0.238. The minimum atomic E-state index is -2.98. The minimum Gasteiger partial charge on any atom is -0.434 e. The topological polar surface area (TPSA) is 97.6 Å². The lowest BCUT2D eigenvalue weighted by molar-refractivity contribution is -0.384. The van der Waals surface area contributed by atoms with Crippen molar-refractivity contribution in [3.05, 3.63) is 63.5 Å². The number of nitro groups is 1. The zero-order chi connectivity index (χ0) is 22.7. The summed E-state index contributed by atoms with van der Waals surface area (Å²) in [5.41, 5.74) is 1.21. The summed E-state index contributed by atoms with van der Waals surface area (Å²) in [6.45, 7) is -1.50. The lowest BCUT2D eigenvalue weighted by Gasteiger charge is -2.17. The molecule has 0 spiro atoms. The molecule has 32 heavy (non-hydrogen) atoms. The van der Waals surface area contributed by atoms with Crippen molar-refractivity contribution in [2.45, 2.75) is 19.5 Å². The number of hydrogen-bond donors (Lipinski definition) is 1. The number of nitro benzene ring substituents is 1. The Morgan fingerprint density at radius 1 is 1.22 bits per heavy atom. The van der Waals surface area contributed by atoms with E-state index in [1.165, 1.54) is 18.2 Å². The van der Waals surface area contributed by atoms with Gasteiger partial charge in [0.1, 0.15) is 11.4 Å². The molecule has 0 aliphatic carbocycles. The predicted octanol–water partition coefficient (Wildman–Crippen LogP) is 5.17. The van der Waals surface area contributed by atoms with Gasteiger partial charge in [0, 0.05) is 35.7 Å². The van der Waals surface area contributed by atoms with Gasteiger partial charge in [-0.1, -0.05) is 12.1 Å². The van der Waals surface area contributed by atoms with E-state index in [-0.39, 0.29) is 22.1 Å². The Labute approximate surface area is 185 Å². The quantitative estimate of drug-likeness (QED) is 0.386. The van der Waals surface area contributed by atoms with Gasteiger partial charge in [0.2, 0.25) is 0 Å². The highest BCUT2D eigenvalue weighted by Crippen LogP contribution is 2.34. The third-order valence-corrected chi connectivity index (χ3v) is 5.74. The Morgan fingerprint density at radius 3 is 2.69 bits per heavy atom. The molecule has 8 nitrogen and oxygen atoms in total. The molecule has 0 radical (unpaired) electrons. The van der Waals surface area contributed by atoms with Crippen LogP contribution in [0.1, 0.15) is 23.2 Å². The molecular weight excluding hydrogens is 442 g/mol. The number of rotatable bonds is 7. The number of carbonyl (C=O) groups excluding carboxylic acids is 1. The Bertz CT molecular complexity index is 1150. The summed E-state index contributed by atoms with van der Waals surface area (Å²) in [4.78, 5) is 29.9. The number of para-hydroxylation sites is 1. The van der Waals surface area contributed by atoms with E-state index in [1.807, 2.05) is 4.90 Å². The Morgan fingerprint density at radius 2 is 1.97 bits per heavy atom. The van der Waals surface area contributed by atoms with Crippen LogP contribution in [0, 0.1) is 10.1 Å². The Kier molecular flexibility index (Phi) is 6.26. The molecule has 11 heteroatoms. The van der Waals surface area contributed by atoms with Gasteiger partial charge >= 0.3 is 6.61 Å². The zero-order valence-electron chi connectivity index (χ0n) is 16.7. The molecule has 0 unspecified atom stereocenters. The Balaban J connectivity index is 1.54. The number of ether oxygens (including phenoxy) is 1. The molecule has 1 N–H and O–H groups in total. The van der Waals surface area contributed by atoms with Crippen molar-refractivity contribution in [2.75, 3.05) is 23.3 Å². The van der Waals surface area contributed by atoms with Crippen LogP contribution < -0.4 is 15.0 Å². The van der Waals surface area contributed by atoms with E-state index in [1.54, 1.807) is 29.6 Å². The molecule has 3 aromatic rings. The van der Waals surface area contributed by atoms with Gasteiger partial charge in [-0.3, -0.25) is 20.2 Å². The number of thiazole rings is 1. The predicted molar refractivity (Wildman–Crippen MR) is 117 cm³/mol. The summed E-state index contributed by atoms with van der Waals surface area (Å²) in [6.07, 6.45) is 1.94. The number of carbonyl (C=O) groups is 1. The Hall–Kier alpha value is -3.60. The second kappa shape index (κ2) is 9.27. The van der Waals surface area contributed by atoms with Crippen LogP contribution >= 0.6 is 11.3 Å². The van der Waals surface area contributed by atoms with E-state index >= 15 is 0 Å². The number of benzene rings is 2. The van der Waals surface area contributed by atoms with Crippen LogP contribution in [0.2, 0.25) is 0 Å². The molecule has 4 rings (SSSR count). The molecule has 0 atom stereocenters.